The van der Waals surface area contributed by atoms with Crippen molar-refractivity contribution < 1.29 is 28.5 Å². The van der Waals surface area contributed by atoms with Crippen molar-refractivity contribution >= 4 is 11.9 Å². The van der Waals surface area contributed by atoms with Gasteiger partial charge in [0.1, 0.15) is 36.2 Å². The number of rotatable bonds is 10. The number of carbonyl (C=O) groups excluding carboxylic acids is 2. The Morgan fingerprint density at radius 3 is 1.05 bits per heavy atom. The summed E-state index contributed by atoms with van der Waals surface area (Å²) in [6, 6.07) is 19.4. The molecular formula is C32H40O6. The Bertz CT molecular complexity index is 980. The van der Waals surface area contributed by atoms with Crippen molar-refractivity contribution in [3.8, 4) is 23.0 Å². The van der Waals surface area contributed by atoms with Gasteiger partial charge < -0.3 is 18.9 Å². The van der Waals surface area contributed by atoms with Crippen LogP contribution in [0.5, 0.6) is 23.0 Å². The molecular weight excluding hydrogens is 480 g/mol. The SMILES string of the molecule is C=CCOc1ccc(C(=O)Oc2ccc(OC(=O)c3ccc(OCC=C)cc3)cc2)cc1.CC.CC.CC. The third kappa shape index (κ3) is 12.1. The number of ether oxygens (including phenoxy) is 4. The van der Waals surface area contributed by atoms with Crippen molar-refractivity contribution in [1.82, 2.24) is 0 Å². The van der Waals surface area contributed by atoms with Crippen molar-refractivity contribution in [2.45, 2.75) is 41.5 Å². The predicted octanol–water partition coefficient (Wildman–Crippen LogP) is 8.33. The maximum absolute atomic E-state index is 12.3. The summed E-state index contributed by atoms with van der Waals surface area (Å²) in [5.74, 6) is 0.890. The molecule has 0 aromatic heterocycles. The number of hydrogen-bond donors (Lipinski definition) is 0. The van der Waals surface area contributed by atoms with Crippen molar-refractivity contribution in [2.24, 2.45) is 0 Å². The second-order valence-electron chi connectivity index (χ2n) is 6.50. The van der Waals surface area contributed by atoms with E-state index in [2.05, 4.69) is 13.2 Å². The average molecular weight is 521 g/mol. The highest BCUT2D eigenvalue weighted by Gasteiger charge is 2.11. The molecule has 0 spiro atoms. The fourth-order valence-corrected chi connectivity index (χ4v) is 2.59. The lowest BCUT2D eigenvalue weighted by atomic mass is 10.2. The Morgan fingerprint density at radius 2 is 0.789 bits per heavy atom. The minimum Gasteiger partial charge on any atom is -0.490 e. The molecule has 0 saturated carbocycles. The zero-order valence-electron chi connectivity index (χ0n) is 23.4. The van der Waals surface area contributed by atoms with Crippen LogP contribution in [0.4, 0.5) is 0 Å². The number of benzene rings is 3. The zero-order valence-corrected chi connectivity index (χ0v) is 23.4. The summed E-state index contributed by atoms with van der Waals surface area (Å²) in [5, 5.41) is 0. The van der Waals surface area contributed by atoms with E-state index in [0.29, 0.717) is 47.3 Å². The van der Waals surface area contributed by atoms with Gasteiger partial charge in [-0.3, -0.25) is 0 Å². The average Bonchev–Trinajstić information content (AvgIpc) is 2.99. The van der Waals surface area contributed by atoms with Gasteiger partial charge in [0, 0.05) is 0 Å². The van der Waals surface area contributed by atoms with Gasteiger partial charge in [0.15, 0.2) is 0 Å². The number of hydrogen-bond acceptors (Lipinski definition) is 6. The van der Waals surface area contributed by atoms with Crippen molar-refractivity contribution in [1.29, 1.82) is 0 Å². The lowest BCUT2D eigenvalue weighted by Gasteiger charge is -2.08. The van der Waals surface area contributed by atoms with Gasteiger partial charge in [-0.1, -0.05) is 66.9 Å². The number of esters is 2. The quantitative estimate of drug-likeness (QED) is 0.152. The van der Waals surface area contributed by atoms with Crippen LogP contribution in [0, 0.1) is 0 Å². The van der Waals surface area contributed by atoms with E-state index in [0.717, 1.165) is 0 Å². The molecule has 38 heavy (non-hydrogen) atoms. The molecule has 3 rings (SSSR count). The first kappa shape index (κ1) is 33.7. The minimum atomic E-state index is -0.510. The Morgan fingerprint density at radius 1 is 0.526 bits per heavy atom. The molecule has 0 N–H and O–H groups in total. The molecule has 0 fully saturated rings. The molecule has 3 aromatic rings. The van der Waals surface area contributed by atoms with Gasteiger partial charge in [0.25, 0.3) is 0 Å². The van der Waals surface area contributed by atoms with Crippen LogP contribution in [0.3, 0.4) is 0 Å². The second kappa shape index (κ2) is 20.8. The van der Waals surface area contributed by atoms with Crippen LogP contribution in [0.1, 0.15) is 62.3 Å². The van der Waals surface area contributed by atoms with E-state index in [1.807, 2.05) is 41.5 Å². The van der Waals surface area contributed by atoms with Crippen LogP contribution in [-0.2, 0) is 0 Å². The summed E-state index contributed by atoms with van der Waals surface area (Å²) in [6.45, 7) is 19.9. The van der Waals surface area contributed by atoms with E-state index >= 15 is 0 Å². The van der Waals surface area contributed by atoms with Crippen LogP contribution < -0.4 is 18.9 Å². The molecule has 0 unspecified atom stereocenters. The molecule has 0 amide bonds. The first-order chi connectivity index (χ1) is 18.6. The van der Waals surface area contributed by atoms with Gasteiger partial charge in [0.2, 0.25) is 0 Å². The van der Waals surface area contributed by atoms with Crippen LogP contribution >= 0.6 is 0 Å². The van der Waals surface area contributed by atoms with E-state index in [4.69, 9.17) is 18.9 Å². The first-order valence-corrected chi connectivity index (χ1v) is 12.8. The smallest absolute Gasteiger partial charge is 0.343 e. The van der Waals surface area contributed by atoms with Crippen molar-refractivity contribution in [2.75, 3.05) is 13.2 Å². The summed E-state index contributed by atoms with van der Waals surface area (Å²) >= 11 is 0. The summed E-state index contributed by atoms with van der Waals surface area (Å²) in [5.41, 5.74) is 0.763. The Labute approximate surface area is 227 Å². The van der Waals surface area contributed by atoms with E-state index in [-0.39, 0.29) is 0 Å². The summed E-state index contributed by atoms with van der Waals surface area (Å²) < 4.78 is 21.5. The van der Waals surface area contributed by atoms with Crippen molar-refractivity contribution in [3.63, 3.8) is 0 Å². The number of carbonyl (C=O) groups is 2. The van der Waals surface area contributed by atoms with Gasteiger partial charge in [-0.05, 0) is 72.8 Å². The topological polar surface area (TPSA) is 71.1 Å². The second-order valence-corrected chi connectivity index (χ2v) is 6.50. The molecule has 0 saturated heterocycles. The highest BCUT2D eigenvalue weighted by molar-refractivity contribution is 5.92. The van der Waals surface area contributed by atoms with E-state index in [1.54, 1.807) is 84.9 Å². The molecule has 0 aliphatic carbocycles. The fourth-order valence-electron chi connectivity index (χ4n) is 2.59. The Balaban J connectivity index is 0.00000213. The molecule has 0 atom stereocenters. The van der Waals surface area contributed by atoms with Gasteiger partial charge in [0.05, 0.1) is 11.1 Å². The Hall–Kier alpha value is -4.32. The van der Waals surface area contributed by atoms with Gasteiger partial charge in [-0.2, -0.15) is 0 Å². The van der Waals surface area contributed by atoms with Crippen LogP contribution in [0.2, 0.25) is 0 Å². The van der Waals surface area contributed by atoms with E-state index in [1.165, 1.54) is 0 Å². The van der Waals surface area contributed by atoms with Crippen molar-refractivity contribution in [3.05, 3.63) is 109 Å². The Kier molecular flexibility index (Phi) is 18.5. The molecule has 0 aliphatic rings. The minimum absolute atomic E-state index is 0.325. The molecule has 6 heteroatoms. The van der Waals surface area contributed by atoms with Crippen LogP contribution in [0.15, 0.2) is 98.1 Å². The maximum atomic E-state index is 12.3. The van der Waals surface area contributed by atoms with Gasteiger partial charge in [-0.15, -0.1) is 0 Å². The molecule has 0 aliphatic heterocycles. The largest absolute Gasteiger partial charge is 0.490 e. The van der Waals surface area contributed by atoms with Gasteiger partial charge in [-0.25, -0.2) is 9.59 Å². The lowest BCUT2D eigenvalue weighted by molar-refractivity contribution is 0.0719. The monoisotopic (exact) mass is 520 g/mol. The molecule has 0 heterocycles. The third-order valence-corrected chi connectivity index (χ3v) is 4.16. The molecule has 204 valence electrons. The highest BCUT2D eigenvalue weighted by atomic mass is 16.5. The molecule has 0 radical (unpaired) electrons. The normalized spacial score (nSPS) is 8.89. The molecule has 0 bridgehead atoms. The standard InChI is InChI=1S/C26H22O6.3C2H6/c1-3-17-29-21-9-5-19(6-10-21)25(27)31-23-13-15-24(16-14-23)32-26(28)20-7-11-22(12-8-20)30-18-4-2;3*1-2/h3-16H,1-2,17-18H2;3*1-2H3. The molecule has 6 nitrogen and oxygen atoms in total. The predicted molar refractivity (Wildman–Crippen MR) is 155 cm³/mol. The first-order valence-electron chi connectivity index (χ1n) is 12.8. The zero-order chi connectivity index (χ0) is 28.8. The fraction of sp³-hybridized carbons (Fsp3) is 0.250. The summed E-state index contributed by atoms with van der Waals surface area (Å²) in [6.07, 6.45) is 3.28. The highest BCUT2D eigenvalue weighted by Crippen LogP contribution is 2.21. The van der Waals surface area contributed by atoms with E-state index < -0.39 is 11.9 Å². The summed E-state index contributed by atoms with van der Waals surface area (Å²) in [7, 11) is 0. The lowest BCUT2D eigenvalue weighted by Crippen LogP contribution is -2.09. The van der Waals surface area contributed by atoms with Crippen LogP contribution in [0.25, 0.3) is 0 Å². The van der Waals surface area contributed by atoms with Crippen LogP contribution in [-0.4, -0.2) is 25.2 Å². The summed E-state index contributed by atoms with van der Waals surface area (Å²) in [4.78, 5) is 24.6. The molecule has 3 aromatic carbocycles. The van der Waals surface area contributed by atoms with E-state index in [9.17, 15) is 9.59 Å². The van der Waals surface area contributed by atoms with Gasteiger partial charge >= 0.3 is 11.9 Å². The third-order valence-electron chi connectivity index (χ3n) is 4.16. The maximum Gasteiger partial charge on any atom is 0.343 e.